The molecule has 2 amide bonds. The van der Waals surface area contributed by atoms with Gasteiger partial charge in [0.2, 0.25) is 6.79 Å². The molecule has 0 aromatic heterocycles. The van der Waals surface area contributed by atoms with Crippen molar-refractivity contribution in [1.82, 2.24) is 10.7 Å². The number of hydrazone groups is 1. The largest absolute Gasteiger partial charge is 0.488 e. The van der Waals surface area contributed by atoms with Crippen LogP contribution in [0.3, 0.4) is 0 Å². The van der Waals surface area contributed by atoms with E-state index in [1.807, 2.05) is 60.7 Å². The lowest BCUT2D eigenvalue weighted by Crippen LogP contribution is -2.34. The number of rotatable bonds is 8. The Morgan fingerprint density at radius 1 is 0.973 bits per heavy atom. The van der Waals surface area contributed by atoms with E-state index in [-0.39, 0.29) is 13.3 Å². The smallest absolute Gasteiger partial charge is 0.259 e. The lowest BCUT2D eigenvalue weighted by Gasteiger charge is -2.12. The number of benzene rings is 4. The Balaban J connectivity index is 1.23. The van der Waals surface area contributed by atoms with Gasteiger partial charge in [-0.15, -0.1) is 0 Å². The zero-order valence-corrected chi connectivity index (χ0v) is 21.2. The Morgan fingerprint density at radius 3 is 2.65 bits per heavy atom. The minimum absolute atomic E-state index is 0.120. The van der Waals surface area contributed by atoms with E-state index < -0.39 is 11.8 Å². The fraction of sp³-hybridized carbons (Fsp3) is 0.107. The number of carbonyl (C=O) groups excluding carboxylic acids is 2. The second kappa shape index (κ2) is 11.1. The van der Waals surface area contributed by atoms with E-state index in [1.165, 1.54) is 0 Å². The number of fused-ring (bicyclic) bond motifs is 2. The molecular formula is C28H22BrN3O5. The van der Waals surface area contributed by atoms with Crippen molar-refractivity contribution in [1.29, 1.82) is 0 Å². The van der Waals surface area contributed by atoms with Crippen LogP contribution in [0.1, 0.15) is 21.5 Å². The van der Waals surface area contributed by atoms with Gasteiger partial charge < -0.3 is 19.5 Å². The first kappa shape index (κ1) is 24.3. The number of amides is 2. The van der Waals surface area contributed by atoms with Crippen LogP contribution < -0.4 is 25.0 Å². The molecule has 2 N–H and O–H groups in total. The van der Waals surface area contributed by atoms with Gasteiger partial charge in [-0.25, -0.2) is 5.43 Å². The third kappa shape index (κ3) is 5.90. The van der Waals surface area contributed by atoms with Crippen LogP contribution in [0.4, 0.5) is 0 Å². The van der Waals surface area contributed by atoms with E-state index in [9.17, 15) is 9.59 Å². The molecule has 1 aliphatic rings. The van der Waals surface area contributed by atoms with Gasteiger partial charge >= 0.3 is 0 Å². The van der Waals surface area contributed by atoms with E-state index in [1.54, 1.807) is 24.4 Å². The van der Waals surface area contributed by atoms with Gasteiger partial charge in [-0.05, 0) is 52.7 Å². The molecule has 0 spiro atoms. The number of hydrogen-bond acceptors (Lipinski definition) is 6. The zero-order valence-electron chi connectivity index (χ0n) is 19.6. The molecule has 0 aliphatic carbocycles. The van der Waals surface area contributed by atoms with Crippen LogP contribution in [-0.2, 0) is 11.4 Å². The minimum Gasteiger partial charge on any atom is -0.488 e. The van der Waals surface area contributed by atoms with Gasteiger partial charge in [-0.2, -0.15) is 5.10 Å². The SMILES string of the molecule is O=C(CNC(=O)c1ccc2c(c1)OCO2)N/N=C/c1c(OCc2ccc(Br)cc2)ccc2ccccc12. The number of halogens is 1. The fourth-order valence-corrected chi connectivity index (χ4v) is 4.05. The average Bonchev–Trinajstić information content (AvgIpc) is 3.40. The second-order valence-electron chi connectivity index (χ2n) is 8.16. The van der Waals surface area contributed by atoms with Crippen molar-refractivity contribution >= 4 is 44.7 Å². The summed E-state index contributed by atoms with van der Waals surface area (Å²) < 4.78 is 17.6. The number of nitrogens with zero attached hydrogens (tertiary/aromatic N) is 1. The number of nitrogens with one attached hydrogen (secondary N) is 2. The lowest BCUT2D eigenvalue weighted by atomic mass is 10.0. The summed E-state index contributed by atoms with van der Waals surface area (Å²) in [5.74, 6) is 0.834. The van der Waals surface area contributed by atoms with Crippen LogP contribution in [0.15, 0.2) is 88.4 Å². The Morgan fingerprint density at radius 2 is 1.78 bits per heavy atom. The average molecular weight is 560 g/mol. The summed E-state index contributed by atoms with van der Waals surface area (Å²) in [5, 5.41) is 8.64. The quantitative estimate of drug-likeness (QED) is 0.239. The number of carbonyl (C=O) groups is 2. The highest BCUT2D eigenvalue weighted by molar-refractivity contribution is 9.10. The molecule has 0 unspecified atom stereocenters. The maximum Gasteiger partial charge on any atom is 0.259 e. The van der Waals surface area contributed by atoms with Crippen LogP contribution in [0.2, 0.25) is 0 Å². The van der Waals surface area contributed by atoms with E-state index in [2.05, 4.69) is 31.8 Å². The molecule has 4 aromatic carbocycles. The molecule has 0 atom stereocenters. The Kier molecular flexibility index (Phi) is 7.32. The molecule has 186 valence electrons. The van der Waals surface area contributed by atoms with Crippen LogP contribution in [0, 0.1) is 0 Å². The van der Waals surface area contributed by atoms with Gasteiger partial charge in [0.25, 0.3) is 11.8 Å². The van der Waals surface area contributed by atoms with Gasteiger partial charge in [-0.1, -0.05) is 58.4 Å². The Labute approximate surface area is 221 Å². The summed E-state index contributed by atoms with van der Waals surface area (Å²) in [4.78, 5) is 24.7. The summed E-state index contributed by atoms with van der Waals surface area (Å²) in [6.45, 7) is 0.256. The van der Waals surface area contributed by atoms with E-state index >= 15 is 0 Å². The van der Waals surface area contributed by atoms with E-state index in [4.69, 9.17) is 14.2 Å². The maximum absolute atomic E-state index is 12.4. The predicted molar refractivity (Wildman–Crippen MR) is 143 cm³/mol. The minimum atomic E-state index is -0.470. The molecule has 0 saturated heterocycles. The molecule has 0 fully saturated rings. The Hall–Kier alpha value is -4.37. The highest BCUT2D eigenvalue weighted by Gasteiger charge is 2.16. The summed E-state index contributed by atoms with van der Waals surface area (Å²) in [7, 11) is 0. The lowest BCUT2D eigenvalue weighted by molar-refractivity contribution is -0.120. The van der Waals surface area contributed by atoms with Gasteiger partial charge in [-0.3, -0.25) is 9.59 Å². The molecule has 0 bridgehead atoms. The van der Waals surface area contributed by atoms with Gasteiger partial charge in [0.15, 0.2) is 11.5 Å². The molecule has 4 aromatic rings. The van der Waals surface area contributed by atoms with Crippen molar-refractivity contribution < 1.29 is 23.8 Å². The van der Waals surface area contributed by atoms with Crippen molar-refractivity contribution in [2.45, 2.75) is 6.61 Å². The van der Waals surface area contributed by atoms with Crippen molar-refractivity contribution in [2.24, 2.45) is 5.10 Å². The third-order valence-corrected chi connectivity index (χ3v) is 6.19. The van der Waals surface area contributed by atoms with Crippen molar-refractivity contribution in [3.8, 4) is 17.2 Å². The standard InChI is InChI=1S/C28H22BrN3O5/c29-21-9-5-18(6-10-21)16-35-24-11-7-19-3-1-2-4-22(19)23(24)14-31-32-27(33)15-30-28(34)20-8-12-25-26(13-20)37-17-36-25/h1-14H,15-17H2,(H,30,34)(H,32,33)/b31-14+. The van der Waals surface area contributed by atoms with Crippen LogP contribution in [0.5, 0.6) is 17.2 Å². The van der Waals surface area contributed by atoms with Crippen molar-refractivity contribution in [2.75, 3.05) is 13.3 Å². The predicted octanol–water partition coefficient (Wildman–Crippen LogP) is 4.79. The van der Waals surface area contributed by atoms with Crippen molar-refractivity contribution in [3.63, 3.8) is 0 Å². The second-order valence-corrected chi connectivity index (χ2v) is 9.07. The molecule has 1 heterocycles. The van der Waals surface area contributed by atoms with Gasteiger partial charge in [0.1, 0.15) is 12.4 Å². The van der Waals surface area contributed by atoms with Crippen LogP contribution >= 0.6 is 15.9 Å². The van der Waals surface area contributed by atoms with E-state index in [0.29, 0.717) is 29.4 Å². The van der Waals surface area contributed by atoms with Crippen LogP contribution in [-0.4, -0.2) is 31.4 Å². The number of ether oxygens (including phenoxy) is 3. The zero-order chi connectivity index (χ0) is 25.6. The normalized spacial score (nSPS) is 12.0. The van der Waals surface area contributed by atoms with Crippen LogP contribution in [0.25, 0.3) is 10.8 Å². The van der Waals surface area contributed by atoms with Gasteiger partial charge in [0, 0.05) is 15.6 Å². The molecule has 37 heavy (non-hydrogen) atoms. The molecule has 0 saturated carbocycles. The molecule has 1 aliphatic heterocycles. The first-order valence-corrected chi connectivity index (χ1v) is 12.2. The van der Waals surface area contributed by atoms with Crippen molar-refractivity contribution in [3.05, 3.63) is 100 Å². The highest BCUT2D eigenvalue weighted by Crippen LogP contribution is 2.32. The fourth-order valence-electron chi connectivity index (χ4n) is 3.79. The summed E-state index contributed by atoms with van der Waals surface area (Å²) in [6.07, 6.45) is 1.55. The summed E-state index contributed by atoms with van der Waals surface area (Å²) in [6, 6.07) is 24.4. The summed E-state index contributed by atoms with van der Waals surface area (Å²) >= 11 is 3.44. The maximum atomic E-state index is 12.4. The molecule has 0 radical (unpaired) electrons. The first-order chi connectivity index (χ1) is 18.1. The summed E-state index contributed by atoms with van der Waals surface area (Å²) in [5.41, 5.74) is 4.58. The van der Waals surface area contributed by atoms with Gasteiger partial charge in [0.05, 0.1) is 12.8 Å². The third-order valence-electron chi connectivity index (χ3n) is 5.67. The Bertz CT molecular complexity index is 1490. The number of hydrogen-bond donors (Lipinski definition) is 2. The molecule has 9 heteroatoms. The van der Waals surface area contributed by atoms with E-state index in [0.717, 1.165) is 26.4 Å². The molecule has 5 rings (SSSR count). The topological polar surface area (TPSA) is 98.3 Å². The highest BCUT2D eigenvalue weighted by atomic mass is 79.9. The molecular weight excluding hydrogens is 538 g/mol. The monoisotopic (exact) mass is 559 g/mol. The first-order valence-electron chi connectivity index (χ1n) is 11.5. The molecule has 8 nitrogen and oxygen atoms in total.